The number of hydrogen-bond donors (Lipinski definition) is 1. The Hall–Kier alpha value is -4.02. The summed E-state index contributed by atoms with van der Waals surface area (Å²) >= 11 is 0. The third kappa shape index (κ3) is 4.11. The highest BCUT2D eigenvalue weighted by Crippen LogP contribution is 2.54. The van der Waals surface area contributed by atoms with Crippen molar-refractivity contribution in [1.29, 1.82) is 0 Å². The minimum absolute atomic E-state index is 0.0246. The highest BCUT2D eigenvalue weighted by atomic mass is 16.5. The number of hydrogen-bond acceptors (Lipinski definition) is 7. The van der Waals surface area contributed by atoms with E-state index in [1.165, 1.54) is 0 Å². The number of fused-ring (bicyclic) bond motifs is 3. The van der Waals surface area contributed by atoms with E-state index in [1.807, 2.05) is 48.7 Å². The van der Waals surface area contributed by atoms with Crippen molar-refractivity contribution in [2.24, 2.45) is 5.92 Å². The summed E-state index contributed by atoms with van der Waals surface area (Å²) in [6.07, 6.45) is 5.20. The SMILES string of the molecule is C=CCN1C(=O)[C@@]2(O[C@@H](CCn3cc(CCO)nn3)C[C@H]2C)c2cc(N3C(=O)COc4ccccc43)ccc21. The van der Waals surface area contributed by atoms with E-state index in [-0.39, 0.29) is 37.0 Å². The van der Waals surface area contributed by atoms with Gasteiger partial charge in [0.05, 0.1) is 23.2 Å². The molecule has 3 aliphatic rings. The molecule has 1 saturated heterocycles. The standard InChI is InChI=1S/C29H31N5O5/c1-3-12-33-24-9-8-21(34-25-6-4-5-7-26(25)38-18-27(34)36)16-23(24)29(28(33)37)19(2)15-22(39-29)10-13-32-17-20(11-14-35)30-31-32/h3-9,16-17,19,22,35H,1,10-15,18H2,2H3/t19-,22+,29+/m1/s1. The van der Waals surface area contributed by atoms with Crippen LogP contribution in [0.5, 0.6) is 5.75 Å². The van der Waals surface area contributed by atoms with Crippen molar-refractivity contribution in [3.8, 4) is 5.75 Å². The lowest BCUT2D eigenvalue weighted by Gasteiger charge is -2.31. The molecule has 1 aromatic heterocycles. The summed E-state index contributed by atoms with van der Waals surface area (Å²) in [5.74, 6) is 0.260. The maximum atomic E-state index is 14.0. The van der Waals surface area contributed by atoms with Crippen LogP contribution in [0.2, 0.25) is 0 Å². The molecule has 2 amide bonds. The molecule has 2 aromatic carbocycles. The number of nitrogens with zero attached hydrogens (tertiary/aromatic N) is 5. The molecule has 0 aliphatic carbocycles. The number of carbonyl (C=O) groups excluding carboxylic acids is 2. The summed E-state index contributed by atoms with van der Waals surface area (Å²) in [5.41, 5.74) is 2.46. The van der Waals surface area contributed by atoms with Gasteiger partial charge < -0.3 is 19.5 Å². The van der Waals surface area contributed by atoms with Crippen molar-refractivity contribution >= 4 is 28.9 Å². The molecule has 202 valence electrons. The first-order valence-electron chi connectivity index (χ1n) is 13.3. The molecule has 1 spiro atoms. The average Bonchev–Trinajstić information content (AvgIpc) is 3.60. The van der Waals surface area contributed by atoms with E-state index in [2.05, 4.69) is 23.8 Å². The predicted molar refractivity (Wildman–Crippen MR) is 144 cm³/mol. The lowest BCUT2D eigenvalue weighted by Crippen LogP contribution is -2.44. The number of aromatic nitrogens is 3. The molecule has 3 aromatic rings. The number of ether oxygens (including phenoxy) is 2. The number of anilines is 3. The average molecular weight is 530 g/mol. The number of carbonyl (C=O) groups is 2. The van der Waals surface area contributed by atoms with Gasteiger partial charge in [0.25, 0.3) is 11.8 Å². The molecule has 0 unspecified atom stereocenters. The smallest absolute Gasteiger partial charge is 0.269 e. The summed E-state index contributed by atoms with van der Waals surface area (Å²) in [4.78, 5) is 30.4. The molecule has 4 heterocycles. The van der Waals surface area contributed by atoms with E-state index in [9.17, 15) is 9.59 Å². The largest absolute Gasteiger partial charge is 0.482 e. The Bertz CT molecular complexity index is 1440. The molecule has 0 bridgehead atoms. The van der Waals surface area contributed by atoms with Crippen molar-refractivity contribution in [1.82, 2.24) is 15.0 Å². The van der Waals surface area contributed by atoms with E-state index in [0.717, 1.165) is 16.9 Å². The second kappa shape index (κ2) is 9.94. The predicted octanol–water partition coefficient (Wildman–Crippen LogP) is 3.11. The van der Waals surface area contributed by atoms with Crippen LogP contribution >= 0.6 is 0 Å². The van der Waals surface area contributed by atoms with Crippen molar-refractivity contribution in [2.75, 3.05) is 29.6 Å². The van der Waals surface area contributed by atoms with Gasteiger partial charge in [0.15, 0.2) is 12.2 Å². The van der Waals surface area contributed by atoms with Crippen molar-refractivity contribution < 1.29 is 24.2 Å². The first kappa shape index (κ1) is 25.3. The summed E-state index contributed by atoms with van der Waals surface area (Å²) in [6, 6.07) is 13.1. The Labute approximate surface area is 226 Å². The molecule has 0 saturated carbocycles. The molecule has 39 heavy (non-hydrogen) atoms. The number of aliphatic hydroxyl groups is 1. The van der Waals surface area contributed by atoms with Crippen LogP contribution in [-0.2, 0) is 32.9 Å². The van der Waals surface area contributed by atoms with Gasteiger partial charge in [-0.1, -0.05) is 30.3 Å². The normalized spacial score (nSPS) is 23.7. The van der Waals surface area contributed by atoms with Crippen LogP contribution in [0.3, 0.4) is 0 Å². The first-order chi connectivity index (χ1) is 19.0. The Morgan fingerprint density at radius 3 is 2.87 bits per heavy atom. The maximum absolute atomic E-state index is 14.0. The number of amides is 2. The number of para-hydroxylation sites is 2. The van der Waals surface area contributed by atoms with Crippen LogP contribution in [0.1, 0.15) is 31.0 Å². The molecule has 10 nitrogen and oxygen atoms in total. The highest BCUT2D eigenvalue weighted by Gasteiger charge is 2.60. The quantitative estimate of drug-likeness (QED) is 0.447. The fourth-order valence-electron chi connectivity index (χ4n) is 6.02. The third-order valence-electron chi connectivity index (χ3n) is 7.81. The van der Waals surface area contributed by atoms with E-state index in [1.54, 1.807) is 20.6 Å². The van der Waals surface area contributed by atoms with Crippen LogP contribution in [-0.4, -0.2) is 57.8 Å². The van der Waals surface area contributed by atoms with Crippen LogP contribution in [0.25, 0.3) is 0 Å². The second-order valence-electron chi connectivity index (χ2n) is 10.2. The molecule has 0 radical (unpaired) electrons. The minimum Gasteiger partial charge on any atom is -0.482 e. The van der Waals surface area contributed by atoms with E-state index in [4.69, 9.17) is 14.6 Å². The van der Waals surface area contributed by atoms with Crippen molar-refractivity contribution in [3.63, 3.8) is 0 Å². The van der Waals surface area contributed by atoms with Gasteiger partial charge in [0, 0.05) is 49.5 Å². The molecule has 1 fully saturated rings. The first-order valence-corrected chi connectivity index (χ1v) is 13.3. The zero-order valence-corrected chi connectivity index (χ0v) is 21.8. The monoisotopic (exact) mass is 529 g/mol. The van der Waals surface area contributed by atoms with Crippen LogP contribution < -0.4 is 14.5 Å². The molecule has 10 heteroatoms. The Morgan fingerprint density at radius 2 is 2.05 bits per heavy atom. The summed E-state index contributed by atoms with van der Waals surface area (Å²) in [7, 11) is 0. The van der Waals surface area contributed by atoms with Gasteiger partial charge in [-0.15, -0.1) is 11.7 Å². The van der Waals surface area contributed by atoms with Crippen molar-refractivity contribution in [3.05, 3.63) is 72.6 Å². The summed E-state index contributed by atoms with van der Waals surface area (Å²) in [6.45, 7) is 6.82. The molecule has 3 aliphatic heterocycles. The topological polar surface area (TPSA) is 110 Å². The lowest BCUT2D eigenvalue weighted by molar-refractivity contribution is -0.145. The summed E-state index contributed by atoms with van der Waals surface area (Å²) in [5, 5.41) is 17.4. The minimum atomic E-state index is -1.15. The maximum Gasteiger partial charge on any atom is 0.269 e. The number of benzene rings is 2. The van der Waals surface area contributed by atoms with Gasteiger partial charge in [-0.3, -0.25) is 19.2 Å². The van der Waals surface area contributed by atoms with Gasteiger partial charge >= 0.3 is 0 Å². The van der Waals surface area contributed by atoms with Gasteiger partial charge in [-0.05, 0) is 43.2 Å². The van der Waals surface area contributed by atoms with Gasteiger partial charge in [-0.2, -0.15) is 0 Å². The second-order valence-corrected chi connectivity index (χ2v) is 10.2. The van der Waals surface area contributed by atoms with Gasteiger partial charge in [-0.25, -0.2) is 0 Å². The van der Waals surface area contributed by atoms with Crippen LogP contribution in [0.4, 0.5) is 17.1 Å². The zero-order chi connectivity index (χ0) is 27.1. The Balaban J connectivity index is 1.34. The molecule has 3 atom stereocenters. The van der Waals surface area contributed by atoms with Crippen LogP contribution in [0.15, 0.2) is 61.3 Å². The lowest BCUT2D eigenvalue weighted by atomic mass is 9.82. The van der Waals surface area contributed by atoms with E-state index < -0.39 is 5.60 Å². The fourth-order valence-corrected chi connectivity index (χ4v) is 6.02. The molecular formula is C29H31N5O5. The van der Waals surface area contributed by atoms with E-state index in [0.29, 0.717) is 49.5 Å². The van der Waals surface area contributed by atoms with E-state index >= 15 is 0 Å². The van der Waals surface area contributed by atoms with Crippen molar-refractivity contribution in [2.45, 2.75) is 44.4 Å². The van der Waals surface area contributed by atoms with Crippen LogP contribution in [0, 0.1) is 5.92 Å². The third-order valence-corrected chi connectivity index (χ3v) is 7.81. The number of aliphatic hydroxyl groups excluding tert-OH is 1. The Morgan fingerprint density at radius 1 is 1.21 bits per heavy atom. The van der Waals surface area contributed by atoms with Gasteiger partial charge in [0.2, 0.25) is 0 Å². The number of rotatable bonds is 8. The fraction of sp³-hybridized carbons (Fsp3) is 0.379. The zero-order valence-electron chi connectivity index (χ0n) is 21.8. The molecule has 1 N–H and O–H groups in total. The highest BCUT2D eigenvalue weighted by molar-refractivity contribution is 6.09. The van der Waals surface area contributed by atoms with Gasteiger partial charge in [0.1, 0.15) is 5.75 Å². The number of aryl methyl sites for hydroxylation is 1. The summed E-state index contributed by atoms with van der Waals surface area (Å²) < 4.78 is 14.1. The molecular weight excluding hydrogens is 498 g/mol. The molecule has 6 rings (SSSR count). The Kier molecular flexibility index (Phi) is 6.44.